The Balaban J connectivity index is 0.00000180. The second-order valence-corrected chi connectivity index (χ2v) is 5.18. The lowest BCUT2D eigenvalue weighted by atomic mass is 10.2. The van der Waals surface area contributed by atoms with Crippen LogP contribution in [0.4, 0.5) is 0 Å². The number of hydrogen-bond donors (Lipinski definition) is 1. The summed E-state index contributed by atoms with van der Waals surface area (Å²) in [7, 11) is 0. The Hall–Kier alpha value is -0.960. The van der Waals surface area contributed by atoms with Crippen molar-refractivity contribution in [1.82, 2.24) is 5.32 Å². The highest BCUT2D eigenvalue weighted by Gasteiger charge is 2.07. The van der Waals surface area contributed by atoms with Gasteiger partial charge in [-0.05, 0) is 36.7 Å². The molecule has 0 radical (unpaired) electrons. The van der Waals surface area contributed by atoms with Gasteiger partial charge in [-0.15, -0.1) is 12.4 Å². The van der Waals surface area contributed by atoms with Crippen LogP contribution in [0.5, 0.6) is 0 Å². The molecule has 0 unspecified atom stereocenters. The Morgan fingerprint density at radius 3 is 2.58 bits per heavy atom. The molecule has 104 valence electrons. The van der Waals surface area contributed by atoms with Gasteiger partial charge in [-0.1, -0.05) is 37.6 Å². The Morgan fingerprint density at radius 1 is 1.16 bits per heavy atom. The predicted molar refractivity (Wildman–Crippen MR) is 82.9 cm³/mol. The molecule has 0 amide bonds. The highest BCUT2D eigenvalue weighted by Crippen LogP contribution is 2.28. The Labute approximate surface area is 125 Å². The Morgan fingerprint density at radius 2 is 1.89 bits per heavy atom. The fourth-order valence-electron chi connectivity index (χ4n) is 1.76. The van der Waals surface area contributed by atoms with E-state index in [0.29, 0.717) is 10.9 Å². The summed E-state index contributed by atoms with van der Waals surface area (Å²) in [5.74, 6) is 2.40. The van der Waals surface area contributed by atoms with E-state index in [1.807, 2.05) is 36.4 Å². The van der Waals surface area contributed by atoms with Crippen molar-refractivity contribution in [2.75, 3.05) is 6.54 Å². The van der Waals surface area contributed by atoms with Crippen LogP contribution in [0.3, 0.4) is 0 Å². The molecule has 2 nitrogen and oxygen atoms in total. The normalized spacial score (nSPS) is 10.5. The zero-order valence-electron chi connectivity index (χ0n) is 11.2. The summed E-state index contributed by atoms with van der Waals surface area (Å²) in [4.78, 5) is 0. The third-order valence-electron chi connectivity index (χ3n) is 2.65. The molecule has 19 heavy (non-hydrogen) atoms. The maximum absolute atomic E-state index is 6.14. The van der Waals surface area contributed by atoms with Gasteiger partial charge in [0.1, 0.15) is 11.5 Å². The largest absolute Gasteiger partial charge is 0.460 e. The van der Waals surface area contributed by atoms with Crippen molar-refractivity contribution in [3.63, 3.8) is 0 Å². The number of hydrogen-bond acceptors (Lipinski definition) is 2. The van der Waals surface area contributed by atoms with Crippen molar-refractivity contribution in [2.45, 2.75) is 20.4 Å². The summed E-state index contributed by atoms with van der Waals surface area (Å²) in [6.45, 7) is 6.11. The van der Waals surface area contributed by atoms with E-state index in [-0.39, 0.29) is 12.4 Å². The van der Waals surface area contributed by atoms with Crippen LogP contribution in [0.2, 0.25) is 5.02 Å². The minimum Gasteiger partial charge on any atom is -0.460 e. The van der Waals surface area contributed by atoms with Crippen molar-refractivity contribution in [2.24, 2.45) is 5.92 Å². The van der Waals surface area contributed by atoms with E-state index < -0.39 is 0 Å². The molecule has 1 aromatic heterocycles. The van der Waals surface area contributed by atoms with E-state index in [4.69, 9.17) is 16.0 Å². The molecular weight excluding hydrogens is 281 g/mol. The minimum atomic E-state index is 0. The average molecular weight is 300 g/mol. The summed E-state index contributed by atoms with van der Waals surface area (Å²) in [5.41, 5.74) is 0.939. The Bertz CT molecular complexity index is 508. The molecule has 0 aliphatic rings. The molecule has 4 heteroatoms. The van der Waals surface area contributed by atoms with Crippen molar-refractivity contribution in [3.8, 4) is 11.3 Å². The lowest BCUT2D eigenvalue weighted by molar-refractivity contribution is 0.472. The van der Waals surface area contributed by atoms with Crippen molar-refractivity contribution in [1.29, 1.82) is 0 Å². The minimum absolute atomic E-state index is 0. The topological polar surface area (TPSA) is 25.2 Å². The molecule has 0 atom stereocenters. The predicted octanol–water partition coefficient (Wildman–Crippen LogP) is 4.77. The van der Waals surface area contributed by atoms with Gasteiger partial charge < -0.3 is 9.73 Å². The van der Waals surface area contributed by atoms with Gasteiger partial charge in [-0.25, -0.2) is 0 Å². The molecule has 2 rings (SSSR count). The molecule has 0 spiro atoms. The van der Waals surface area contributed by atoms with Crippen molar-refractivity contribution in [3.05, 3.63) is 47.2 Å². The van der Waals surface area contributed by atoms with Crippen LogP contribution in [0.25, 0.3) is 11.3 Å². The van der Waals surface area contributed by atoms with Crippen LogP contribution in [0.1, 0.15) is 19.6 Å². The van der Waals surface area contributed by atoms with Gasteiger partial charge in [0, 0.05) is 5.56 Å². The second kappa shape index (κ2) is 7.59. The number of nitrogens with one attached hydrogen (secondary N) is 1. The van der Waals surface area contributed by atoms with E-state index >= 15 is 0 Å². The zero-order valence-corrected chi connectivity index (χ0v) is 12.7. The van der Waals surface area contributed by atoms with Gasteiger partial charge in [0.05, 0.1) is 11.6 Å². The van der Waals surface area contributed by atoms with Crippen LogP contribution in [0.15, 0.2) is 40.8 Å². The number of benzene rings is 1. The molecule has 1 aromatic carbocycles. The number of rotatable bonds is 5. The lowest BCUT2D eigenvalue weighted by Gasteiger charge is -2.05. The van der Waals surface area contributed by atoms with Crippen molar-refractivity contribution < 1.29 is 4.42 Å². The SMILES string of the molecule is CC(C)CNCc1ccc(-c2ccccc2Cl)o1.Cl. The molecule has 0 aliphatic heterocycles. The van der Waals surface area contributed by atoms with Gasteiger partial charge in [0.25, 0.3) is 0 Å². The van der Waals surface area contributed by atoms with Crippen LogP contribution in [-0.2, 0) is 6.54 Å². The molecule has 0 saturated carbocycles. The monoisotopic (exact) mass is 299 g/mol. The maximum atomic E-state index is 6.14. The molecule has 2 aromatic rings. The molecule has 0 aliphatic carbocycles. The smallest absolute Gasteiger partial charge is 0.135 e. The Kier molecular flexibility index (Phi) is 6.43. The van der Waals surface area contributed by atoms with E-state index in [1.54, 1.807) is 0 Å². The number of furan rings is 1. The third kappa shape index (κ3) is 4.57. The van der Waals surface area contributed by atoms with Crippen LogP contribution >= 0.6 is 24.0 Å². The van der Waals surface area contributed by atoms with E-state index in [0.717, 1.165) is 30.2 Å². The van der Waals surface area contributed by atoms with E-state index in [2.05, 4.69) is 19.2 Å². The van der Waals surface area contributed by atoms with Gasteiger partial charge in [-0.2, -0.15) is 0 Å². The van der Waals surface area contributed by atoms with Crippen LogP contribution in [0, 0.1) is 5.92 Å². The van der Waals surface area contributed by atoms with Crippen LogP contribution < -0.4 is 5.32 Å². The number of halogens is 2. The highest BCUT2D eigenvalue weighted by atomic mass is 35.5. The van der Waals surface area contributed by atoms with Crippen molar-refractivity contribution >= 4 is 24.0 Å². The lowest BCUT2D eigenvalue weighted by Crippen LogP contribution is -2.18. The summed E-state index contributed by atoms with van der Waals surface area (Å²) < 4.78 is 5.79. The summed E-state index contributed by atoms with van der Waals surface area (Å²) in [6, 6.07) is 11.7. The first-order chi connectivity index (χ1) is 8.66. The third-order valence-corrected chi connectivity index (χ3v) is 2.98. The van der Waals surface area contributed by atoms with E-state index in [1.165, 1.54) is 0 Å². The average Bonchev–Trinajstić information content (AvgIpc) is 2.78. The van der Waals surface area contributed by atoms with Gasteiger partial charge in [0.15, 0.2) is 0 Å². The van der Waals surface area contributed by atoms with Gasteiger partial charge >= 0.3 is 0 Å². The molecule has 1 heterocycles. The summed E-state index contributed by atoms with van der Waals surface area (Å²) in [5, 5.41) is 4.07. The first-order valence-corrected chi connectivity index (χ1v) is 6.59. The van der Waals surface area contributed by atoms with Crippen LogP contribution in [-0.4, -0.2) is 6.54 Å². The van der Waals surface area contributed by atoms with Gasteiger partial charge in [0.2, 0.25) is 0 Å². The fourth-order valence-corrected chi connectivity index (χ4v) is 1.99. The second-order valence-electron chi connectivity index (χ2n) is 4.77. The van der Waals surface area contributed by atoms with Gasteiger partial charge in [-0.3, -0.25) is 0 Å². The summed E-state index contributed by atoms with van der Waals surface area (Å²) >= 11 is 6.14. The highest BCUT2D eigenvalue weighted by molar-refractivity contribution is 6.33. The summed E-state index contributed by atoms with van der Waals surface area (Å²) in [6.07, 6.45) is 0. The molecule has 1 N–H and O–H groups in total. The first-order valence-electron chi connectivity index (χ1n) is 6.21. The van der Waals surface area contributed by atoms with E-state index in [9.17, 15) is 0 Å². The maximum Gasteiger partial charge on any atom is 0.135 e. The molecule has 0 bridgehead atoms. The standard InChI is InChI=1S/C15H18ClNO.ClH/c1-11(2)9-17-10-12-7-8-15(18-12)13-5-3-4-6-14(13)16;/h3-8,11,17H,9-10H2,1-2H3;1H. The zero-order chi connectivity index (χ0) is 13.0. The molecule has 0 fully saturated rings. The molecule has 0 saturated heterocycles. The molecular formula is C15H19Cl2NO. The quantitative estimate of drug-likeness (QED) is 0.860. The first kappa shape index (κ1) is 16.1. The fraction of sp³-hybridized carbons (Fsp3) is 0.333.